The van der Waals surface area contributed by atoms with Crippen molar-refractivity contribution in [2.24, 2.45) is 0 Å². The number of anilines is 1. The second kappa shape index (κ2) is 14.9. The van der Waals surface area contributed by atoms with Crippen molar-refractivity contribution in [1.82, 2.24) is 10.6 Å². The Labute approximate surface area is 273 Å². The highest BCUT2D eigenvalue weighted by Crippen LogP contribution is 2.35. The number of ether oxygens (including phenoxy) is 1. The molecule has 0 radical (unpaired) electrons. The molecular formula is C29H26F3N3O13S. The SMILES string of the molecule is CS(=O)(=O)Nc1ccc(C(=O)N[C@H]2CNC[C@@H]2OC(=O)c2cc(O)c(C(=O)c3c(O)cccc3C(=O)O)c(O)c2)cc1.O=C(O)C(F)(F)F. The number of aliphatic carboxylic acids is 1. The van der Waals surface area contributed by atoms with E-state index in [1.165, 1.54) is 30.3 Å². The van der Waals surface area contributed by atoms with Gasteiger partial charge in [0.25, 0.3) is 5.91 Å². The van der Waals surface area contributed by atoms with Gasteiger partial charge in [-0.25, -0.2) is 22.8 Å². The third-order valence-electron chi connectivity index (χ3n) is 6.49. The summed E-state index contributed by atoms with van der Waals surface area (Å²) in [6.45, 7) is 0.404. The fourth-order valence-electron chi connectivity index (χ4n) is 4.33. The molecule has 3 aromatic rings. The summed E-state index contributed by atoms with van der Waals surface area (Å²) in [5.74, 6) is -9.41. The number of halogens is 3. The number of alkyl halides is 3. The van der Waals surface area contributed by atoms with Crippen molar-refractivity contribution >= 4 is 45.3 Å². The van der Waals surface area contributed by atoms with Crippen molar-refractivity contribution < 1.29 is 75.8 Å². The summed E-state index contributed by atoms with van der Waals surface area (Å²) in [7, 11) is -3.49. The summed E-state index contributed by atoms with van der Waals surface area (Å²) in [4.78, 5) is 59.0. The van der Waals surface area contributed by atoms with Gasteiger partial charge in [-0.1, -0.05) is 6.07 Å². The van der Waals surface area contributed by atoms with Gasteiger partial charge in [-0.05, 0) is 48.5 Å². The summed E-state index contributed by atoms with van der Waals surface area (Å²) >= 11 is 0. The molecule has 0 aromatic heterocycles. The highest BCUT2D eigenvalue weighted by Gasteiger charge is 2.38. The molecule has 262 valence electrons. The third-order valence-corrected chi connectivity index (χ3v) is 7.09. The highest BCUT2D eigenvalue weighted by atomic mass is 32.2. The number of sulfonamides is 1. The van der Waals surface area contributed by atoms with Gasteiger partial charge in [-0.3, -0.25) is 14.3 Å². The lowest BCUT2D eigenvalue weighted by Gasteiger charge is -2.21. The summed E-state index contributed by atoms with van der Waals surface area (Å²) in [6, 6.07) is 10.00. The van der Waals surface area contributed by atoms with E-state index in [9.17, 15) is 61.2 Å². The summed E-state index contributed by atoms with van der Waals surface area (Å²) < 4.78 is 62.2. The molecule has 49 heavy (non-hydrogen) atoms. The van der Waals surface area contributed by atoms with Crippen LogP contribution in [0.2, 0.25) is 0 Å². The second-order valence-corrected chi connectivity index (χ2v) is 11.9. The van der Waals surface area contributed by atoms with Crippen LogP contribution in [-0.2, 0) is 19.6 Å². The Morgan fingerprint density at radius 3 is 1.94 bits per heavy atom. The quantitative estimate of drug-likeness (QED) is 0.116. The van der Waals surface area contributed by atoms with Gasteiger partial charge in [-0.2, -0.15) is 13.2 Å². The maximum Gasteiger partial charge on any atom is 0.490 e. The predicted octanol–water partition coefficient (Wildman–Crippen LogP) is 1.66. The van der Waals surface area contributed by atoms with Crippen molar-refractivity contribution in [2.75, 3.05) is 24.1 Å². The Hall–Kier alpha value is -5.89. The summed E-state index contributed by atoms with van der Waals surface area (Å²) in [5.41, 5.74) is -1.82. The molecule has 0 spiro atoms. The van der Waals surface area contributed by atoms with Gasteiger partial charge < -0.3 is 40.9 Å². The Bertz CT molecular complexity index is 1880. The molecule has 0 unspecified atom stereocenters. The first-order valence-corrected chi connectivity index (χ1v) is 15.3. The van der Waals surface area contributed by atoms with Crippen molar-refractivity contribution in [3.05, 3.63) is 82.4 Å². The lowest BCUT2D eigenvalue weighted by atomic mass is 9.95. The molecule has 0 bridgehead atoms. The van der Waals surface area contributed by atoms with Crippen molar-refractivity contribution in [3.63, 3.8) is 0 Å². The van der Waals surface area contributed by atoms with Crippen molar-refractivity contribution in [2.45, 2.75) is 18.3 Å². The van der Waals surface area contributed by atoms with Crippen LogP contribution >= 0.6 is 0 Å². The van der Waals surface area contributed by atoms with Crippen LogP contribution in [0.25, 0.3) is 0 Å². The number of carboxylic acids is 2. The number of benzene rings is 3. The number of ketones is 1. The Morgan fingerprint density at radius 1 is 0.857 bits per heavy atom. The second-order valence-electron chi connectivity index (χ2n) is 10.2. The van der Waals surface area contributed by atoms with Crippen LogP contribution in [0.15, 0.2) is 54.6 Å². The van der Waals surface area contributed by atoms with Gasteiger partial charge in [0.15, 0.2) is 0 Å². The third kappa shape index (κ3) is 9.81. The molecule has 20 heteroatoms. The first-order chi connectivity index (χ1) is 22.7. The number of carboxylic acid groups (broad SMARTS) is 2. The lowest BCUT2D eigenvalue weighted by Crippen LogP contribution is -2.44. The number of hydrogen-bond acceptors (Lipinski definition) is 12. The van der Waals surface area contributed by atoms with E-state index in [1.807, 2.05) is 0 Å². The number of carbonyl (C=O) groups is 5. The molecule has 3 aromatic carbocycles. The molecule has 4 rings (SSSR count). The molecule has 1 saturated heterocycles. The minimum Gasteiger partial charge on any atom is -0.507 e. The van der Waals surface area contributed by atoms with Crippen LogP contribution in [0.1, 0.15) is 47.0 Å². The number of aromatic hydroxyl groups is 3. The zero-order chi connectivity index (χ0) is 36.8. The zero-order valence-corrected chi connectivity index (χ0v) is 25.6. The largest absolute Gasteiger partial charge is 0.507 e. The van der Waals surface area contributed by atoms with Crippen LogP contribution < -0.4 is 15.4 Å². The zero-order valence-electron chi connectivity index (χ0n) is 24.8. The van der Waals surface area contributed by atoms with E-state index in [2.05, 4.69) is 15.4 Å². The van der Waals surface area contributed by atoms with Crippen LogP contribution in [0.3, 0.4) is 0 Å². The number of nitrogens with one attached hydrogen (secondary N) is 3. The first kappa shape index (κ1) is 37.6. The van der Waals surface area contributed by atoms with Gasteiger partial charge in [0, 0.05) is 24.3 Å². The lowest BCUT2D eigenvalue weighted by molar-refractivity contribution is -0.192. The Morgan fingerprint density at radius 2 is 1.43 bits per heavy atom. The van der Waals surface area contributed by atoms with E-state index in [1.54, 1.807) is 0 Å². The van der Waals surface area contributed by atoms with E-state index >= 15 is 0 Å². The molecule has 0 aliphatic carbocycles. The maximum atomic E-state index is 13.0. The Kier molecular flexibility index (Phi) is 11.4. The van der Waals surface area contributed by atoms with E-state index in [-0.39, 0.29) is 29.9 Å². The molecule has 1 aliphatic rings. The van der Waals surface area contributed by atoms with Gasteiger partial charge in [0.05, 0.1) is 29.0 Å². The number of aromatic carboxylic acids is 1. The normalized spacial score (nSPS) is 15.7. The molecule has 16 nitrogen and oxygen atoms in total. The van der Waals surface area contributed by atoms with Crippen molar-refractivity contribution in [3.8, 4) is 17.2 Å². The maximum absolute atomic E-state index is 13.0. The topological polar surface area (TPSA) is 266 Å². The molecule has 1 aliphatic heterocycles. The van der Waals surface area contributed by atoms with E-state index in [4.69, 9.17) is 14.6 Å². The van der Waals surface area contributed by atoms with Crippen molar-refractivity contribution in [1.29, 1.82) is 0 Å². The Balaban J connectivity index is 0.000000838. The first-order valence-electron chi connectivity index (χ1n) is 13.5. The monoisotopic (exact) mass is 713 g/mol. The fraction of sp³-hybridized carbons (Fsp3) is 0.207. The van der Waals surface area contributed by atoms with Crippen LogP contribution in [0.5, 0.6) is 17.2 Å². The average Bonchev–Trinajstić information content (AvgIpc) is 3.41. The number of rotatable bonds is 9. The van der Waals surface area contributed by atoms with Crippen LogP contribution in [0, 0.1) is 0 Å². The van der Waals surface area contributed by atoms with Gasteiger partial charge in [-0.15, -0.1) is 0 Å². The molecule has 0 saturated carbocycles. The van der Waals surface area contributed by atoms with Gasteiger partial charge in [0.2, 0.25) is 15.8 Å². The molecular weight excluding hydrogens is 687 g/mol. The number of phenols is 3. The number of hydrogen-bond donors (Lipinski definition) is 8. The smallest absolute Gasteiger partial charge is 0.490 e. The van der Waals surface area contributed by atoms with Crippen LogP contribution in [0.4, 0.5) is 18.9 Å². The standard InChI is InChI=1S/C27H25N3O11S.C2HF3O2/c1-42(39,40)30-15-7-5-13(6-8-15)25(35)29-17-11-28-12-21(17)41-27(38)14-9-19(32)23(20(33)10-14)24(34)22-16(26(36)37)3-2-4-18(22)31;3-2(4,5)1(6)7/h2-10,17,21,28,30-33H,11-12H2,1H3,(H,29,35)(H,36,37);(H,6,7)/t17-,21-;/m0./s1. The van der Waals surface area contributed by atoms with Gasteiger partial charge in [0.1, 0.15) is 28.9 Å². The summed E-state index contributed by atoms with van der Waals surface area (Å²) in [6.07, 6.45) is -4.95. The number of amides is 1. The molecule has 1 heterocycles. The predicted molar refractivity (Wildman–Crippen MR) is 160 cm³/mol. The fourth-order valence-corrected chi connectivity index (χ4v) is 4.89. The minimum atomic E-state index is -5.08. The van der Waals surface area contributed by atoms with Gasteiger partial charge >= 0.3 is 24.1 Å². The number of phenolic OH excluding ortho intramolecular Hbond substituents is 3. The van der Waals surface area contributed by atoms with E-state index < -0.39 is 91.9 Å². The highest BCUT2D eigenvalue weighted by molar-refractivity contribution is 7.92. The van der Waals surface area contributed by atoms with E-state index in [0.29, 0.717) is 0 Å². The minimum absolute atomic E-state index is 0.160. The van der Waals surface area contributed by atoms with Crippen LogP contribution in [-0.4, -0.2) is 101 Å². The molecule has 1 fully saturated rings. The molecule has 8 N–H and O–H groups in total. The summed E-state index contributed by atoms with van der Waals surface area (Å²) in [5, 5.41) is 53.2. The molecule has 2 atom stereocenters. The van der Waals surface area contributed by atoms with E-state index in [0.717, 1.165) is 30.5 Å². The molecule has 1 amide bonds. The number of carbonyl (C=O) groups excluding carboxylic acids is 3. The average molecular weight is 714 g/mol. The number of esters is 1.